The van der Waals surface area contributed by atoms with Crippen molar-refractivity contribution in [1.29, 1.82) is 0 Å². The number of ketones is 1. The third-order valence-corrected chi connectivity index (χ3v) is 4.39. The first-order valence-corrected chi connectivity index (χ1v) is 7.97. The first kappa shape index (κ1) is 14.8. The van der Waals surface area contributed by atoms with Crippen LogP contribution in [-0.4, -0.2) is 25.0 Å². The Morgan fingerprint density at radius 3 is 2.82 bits per heavy atom. The van der Waals surface area contributed by atoms with Gasteiger partial charge in [0.1, 0.15) is 12.3 Å². The van der Waals surface area contributed by atoms with Crippen LogP contribution in [0.25, 0.3) is 6.08 Å². The zero-order valence-corrected chi connectivity index (χ0v) is 13.6. The van der Waals surface area contributed by atoms with Gasteiger partial charge < -0.3 is 14.7 Å². The van der Waals surface area contributed by atoms with Crippen molar-refractivity contribution in [3.63, 3.8) is 0 Å². The van der Waals surface area contributed by atoms with Gasteiger partial charge in [0, 0.05) is 11.0 Å². The van der Waals surface area contributed by atoms with Crippen molar-refractivity contribution in [3.05, 3.63) is 50.9 Å². The first-order valence-electron chi connectivity index (χ1n) is 7.09. The molecule has 1 aliphatic rings. The van der Waals surface area contributed by atoms with E-state index < -0.39 is 0 Å². The van der Waals surface area contributed by atoms with Crippen molar-refractivity contribution < 1.29 is 19.5 Å². The fraction of sp³-hybridized carbons (Fsp3) is 0.235. The van der Waals surface area contributed by atoms with E-state index in [1.165, 1.54) is 0 Å². The second-order valence-corrected chi connectivity index (χ2v) is 6.71. The molecule has 4 nitrogen and oxygen atoms in total. The van der Waals surface area contributed by atoms with E-state index >= 15 is 0 Å². The van der Waals surface area contributed by atoms with Crippen LogP contribution in [0.15, 0.2) is 29.3 Å². The van der Waals surface area contributed by atoms with Gasteiger partial charge in [0.25, 0.3) is 0 Å². The molecule has 0 fully saturated rings. The third kappa shape index (κ3) is 2.53. The lowest BCUT2D eigenvalue weighted by molar-refractivity contribution is -0.872. The molecule has 1 aliphatic heterocycles. The lowest BCUT2D eigenvalue weighted by Crippen LogP contribution is -3.04. The number of aromatic hydroxyl groups is 1. The van der Waals surface area contributed by atoms with Gasteiger partial charge in [-0.1, -0.05) is 6.07 Å². The summed E-state index contributed by atoms with van der Waals surface area (Å²) in [4.78, 5) is 14.7. The van der Waals surface area contributed by atoms with Gasteiger partial charge in [-0.25, -0.2) is 0 Å². The minimum atomic E-state index is -0.115. The number of carbonyl (C=O) groups is 1. The van der Waals surface area contributed by atoms with Gasteiger partial charge in [-0.2, -0.15) is 0 Å². The zero-order valence-electron chi connectivity index (χ0n) is 12.8. The summed E-state index contributed by atoms with van der Waals surface area (Å²) in [6.07, 6.45) is 1.76. The monoisotopic (exact) mass is 316 g/mol. The molecule has 0 amide bonds. The molecular weight excluding hydrogens is 298 g/mol. The maximum Gasteiger partial charge on any atom is 0.232 e. The topological polar surface area (TPSA) is 51.0 Å². The van der Waals surface area contributed by atoms with E-state index in [0.29, 0.717) is 29.2 Å². The molecule has 0 saturated heterocycles. The number of rotatable bonds is 3. The van der Waals surface area contributed by atoms with E-state index in [4.69, 9.17) is 4.74 Å². The van der Waals surface area contributed by atoms with Gasteiger partial charge in [0.05, 0.1) is 25.2 Å². The fourth-order valence-corrected chi connectivity index (χ4v) is 3.25. The highest BCUT2D eigenvalue weighted by Gasteiger charge is 2.33. The predicted molar refractivity (Wildman–Crippen MR) is 86.6 cm³/mol. The molecule has 3 rings (SSSR count). The lowest BCUT2D eigenvalue weighted by Gasteiger charge is -2.13. The Kier molecular flexibility index (Phi) is 3.76. The summed E-state index contributed by atoms with van der Waals surface area (Å²) in [5.41, 5.74) is 1.99. The van der Waals surface area contributed by atoms with Crippen molar-refractivity contribution in [2.45, 2.75) is 13.5 Å². The number of phenols is 1. The molecule has 0 bridgehead atoms. The van der Waals surface area contributed by atoms with E-state index in [2.05, 4.69) is 0 Å². The second-order valence-electron chi connectivity index (χ2n) is 5.73. The number of allylic oxidation sites excluding steroid dienone is 1. The summed E-state index contributed by atoms with van der Waals surface area (Å²) in [6.45, 7) is 2.41. The Morgan fingerprint density at radius 2 is 2.18 bits per heavy atom. The van der Waals surface area contributed by atoms with Gasteiger partial charge in [-0.15, -0.1) is 11.3 Å². The van der Waals surface area contributed by atoms with Crippen molar-refractivity contribution in [2.75, 3.05) is 14.1 Å². The minimum Gasteiger partial charge on any atom is -0.507 e. The van der Waals surface area contributed by atoms with Crippen LogP contribution in [0.1, 0.15) is 26.4 Å². The molecule has 0 atom stereocenters. The van der Waals surface area contributed by atoms with Crippen LogP contribution in [0.4, 0.5) is 0 Å². The molecule has 5 heteroatoms. The molecule has 114 valence electrons. The predicted octanol–water partition coefficient (Wildman–Crippen LogP) is 2.02. The number of aryl methyl sites for hydroxylation is 1. The van der Waals surface area contributed by atoms with Gasteiger partial charge >= 0.3 is 0 Å². The van der Waals surface area contributed by atoms with E-state index in [1.54, 1.807) is 23.5 Å². The summed E-state index contributed by atoms with van der Waals surface area (Å²) in [7, 11) is 3.98. The Balaban J connectivity index is 2.09. The lowest BCUT2D eigenvalue weighted by atomic mass is 9.99. The van der Waals surface area contributed by atoms with Crippen LogP contribution in [0, 0.1) is 6.92 Å². The number of quaternary nitrogens is 1. The van der Waals surface area contributed by atoms with Crippen molar-refractivity contribution in [3.8, 4) is 11.5 Å². The number of nitrogens with one attached hydrogen (secondary N) is 1. The van der Waals surface area contributed by atoms with Crippen molar-refractivity contribution in [1.82, 2.24) is 0 Å². The van der Waals surface area contributed by atoms with E-state index in [9.17, 15) is 9.90 Å². The molecule has 1 aromatic carbocycles. The summed E-state index contributed by atoms with van der Waals surface area (Å²) in [5, 5.41) is 12.2. The number of hydrogen-bond acceptors (Lipinski definition) is 4. The summed E-state index contributed by atoms with van der Waals surface area (Å²) < 4.78 is 5.83. The number of thiophene rings is 1. The Labute approximate surface area is 133 Å². The van der Waals surface area contributed by atoms with Gasteiger partial charge in [-0.05, 0) is 30.0 Å². The second kappa shape index (κ2) is 5.59. The van der Waals surface area contributed by atoms with Crippen LogP contribution >= 0.6 is 11.3 Å². The van der Waals surface area contributed by atoms with E-state index in [0.717, 1.165) is 15.3 Å². The number of carbonyl (C=O) groups excluding carboxylic acids is 1. The Morgan fingerprint density at radius 1 is 1.41 bits per heavy atom. The molecule has 1 aromatic heterocycles. The molecule has 0 spiro atoms. The molecule has 0 radical (unpaired) electrons. The third-order valence-electron chi connectivity index (χ3n) is 3.57. The molecule has 0 aliphatic carbocycles. The average Bonchev–Trinajstić information content (AvgIpc) is 3.04. The van der Waals surface area contributed by atoms with E-state index in [1.807, 2.05) is 38.5 Å². The fourth-order valence-electron chi connectivity index (χ4n) is 2.61. The number of hydrogen-bond donors (Lipinski definition) is 2. The number of fused-ring (bicyclic) bond motifs is 1. The molecule has 0 unspecified atom stereocenters. The smallest absolute Gasteiger partial charge is 0.232 e. The maximum absolute atomic E-state index is 12.6. The quantitative estimate of drug-likeness (QED) is 0.852. The highest BCUT2D eigenvalue weighted by molar-refractivity contribution is 7.10. The number of benzene rings is 1. The normalized spacial score (nSPS) is 15.5. The number of Topliss-reactive ketones (excluding diaryl/α,β-unsaturated/α-hetero) is 1. The molecule has 22 heavy (non-hydrogen) atoms. The van der Waals surface area contributed by atoms with Crippen molar-refractivity contribution >= 4 is 23.2 Å². The largest absolute Gasteiger partial charge is 0.507 e. The standard InChI is InChI=1S/C17H17NO3S/c1-10-7-13(19)12(9-18(2)3)17-15(10)16(20)14(21-17)8-11-5-4-6-22-11/h4-8,19H,9H2,1-3H3/p+1/b14-8-. The highest BCUT2D eigenvalue weighted by atomic mass is 32.1. The minimum absolute atomic E-state index is 0.115. The van der Waals surface area contributed by atoms with Gasteiger partial charge in [0.15, 0.2) is 11.5 Å². The molecule has 2 N–H and O–H groups in total. The van der Waals surface area contributed by atoms with Crippen molar-refractivity contribution in [2.24, 2.45) is 0 Å². The Bertz CT molecular complexity index is 761. The van der Waals surface area contributed by atoms with Gasteiger partial charge in [0.2, 0.25) is 5.78 Å². The van der Waals surface area contributed by atoms with Crippen LogP contribution in [-0.2, 0) is 6.54 Å². The van der Waals surface area contributed by atoms with Crippen LogP contribution < -0.4 is 9.64 Å². The number of phenolic OH excluding ortho intramolecular Hbond substituents is 1. The van der Waals surface area contributed by atoms with E-state index in [-0.39, 0.29) is 11.5 Å². The summed E-state index contributed by atoms with van der Waals surface area (Å²) >= 11 is 1.55. The van der Waals surface area contributed by atoms with Crippen LogP contribution in [0.2, 0.25) is 0 Å². The Hall–Kier alpha value is -2.11. The molecule has 2 aromatic rings. The SMILES string of the molecule is Cc1cc(O)c(C[NH+](C)C)c2c1C(=O)/C(=C/c1cccs1)O2. The van der Waals surface area contributed by atoms with Crippen LogP contribution in [0.5, 0.6) is 11.5 Å². The van der Waals surface area contributed by atoms with Crippen LogP contribution in [0.3, 0.4) is 0 Å². The summed E-state index contributed by atoms with van der Waals surface area (Å²) in [6, 6.07) is 5.51. The molecule has 0 saturated carbocycles. The number of ether oxygens (including phenoxy) is 1. The maximum atomic E-state index is 12.6. The molecule has 2 heterocycles. The van der Waals surface area contributed by atoms with Gasteiger partial charge in [-0.3, -0.25) is 4.79 Å². The first-order chi connectivity index (χ1) is 10.5. The molecular formula is C17H18NO3S+. The highest BCUT2D eigenvalue weighted by Crippen LogP contribution is 2.41. The zero-order chi connectivity index (χ0) is 15.9. The summed E-state index contributed by atoms with van der Waals surface area (Å²) in [5.74, 6) is 0.895. The average molecular weight is 316 g/mol.